The van der Waals surface area contributed by atoms with Gasteiger partial charge >= 0.3 is 0 Å². The Morgan fingerprint density at radius 1 is 1.00 bits per heavy atom. The Kier molecular flexibility index (Phi) is 4.31. The van der Waals surface area contributed by atoms with Gasteiger partial charge in [0.15, 0.2) is 4.67 Å². The number of piperidine rings is 1. The van der Waals surface area contributed by atoms with Crippen molar-refractivity contribution in [1.29, 1.82) is 0 Å². The van der Waals surface area contributed by atoms with Crippen LogP contribution < -0.4 is 10.2 Å². The van der Waals surface area contributed by atoms with Crippen LogP contribution in [0.25, 0.3) is 0 Å². The highest BCUT2D eigenvalue weighted by atomic mass is 79.9. The first-order valence-corrected chi connectivity index (χ1v) is 7.94. The van der Waals surface area contributed by atoms with E-state index in [1.165, 1.54) is 38.0 Å². The largest absolute Gasteiger partial charge is 0.452 e. The highest BCUT2D eigenvalue weighted by Gasteiger charge is 2.10. The molecule has 1 aromatic heterocycles. The van der Waals surface area contributed by atoms with E-state index in [1.807, 2.05) is 12.1 Å². The van der Waals surface area contributed by atoms with Crippen molar-refractivity contribution >= 4 is 27.3 Å². The summed E-state index contributed by atoms with van der Waals surface area (Å²) in [7, 11) is 0. The lowest BCUT2D eigenvalue weighted by Gasteiger charge is -2.28. The Labute approximate surface area is 128 Å². The summed E-state index contributed by atoms with van der Waals surface area (Å²) in [6, 6.07) is 12.6. The van der Waals surface area contributed by atoms with Crippen LogP contribution in [0.3, 0.4) is 0 Å². The summed E-state index contributed by atoms with van der Waals surface area (Å²) in [4.78, 5) is 2.47. The molecule has 4 heteroatoms. The Bertz CT molecular complexity index is 544. The number of benzene rings is 1. The molecule has 1 aliphatic heterocycles. The van der Waals surface area contributed by atoms with Crippen molar-refractivity contribution in [3.05, 3.63) is 46.8 Å². The lowest BCUT2D eigenvalue weighted by atomic mass is 10.1. The van der Waals surface area contributed by atoms with Gasteiger partial charge in [-0.05, 0) is 71.6 Å². The summed E-state index contributed by atoms with van der Waals surface area (Å²) in [5, 5.41) is 3.37. The molecule has 3 nitrogen and oxygen atoms in total. The van der Waals surface area contributed by atoms with Crippen molar-refractivity contribution in [2.75, 3.05) is 23.3 Å². The van der Waals surface area contributed by atoms with Crippen LogP contribution in [0.15, 0.2) is 45.5 Å². The number of rotatable bonds is 4. The summed E-state index contributed by atoms with van der Waals surface area (Å²) in [5.74, 6) is 0.928. The molecule has 1 aromatic carbocycles. The van der Waals surface area contributed by atoms with Gasteiger partial charge in [0.2, 0.25) is 0 Å². The molecule has 106 valence electrons. The monoisotopic (exact) mass is 334 g/mol. The molecule has 0 amide bonds. The first-order valence-electron chi connectivity index (χ1n) is 7.14. The van der Waals surface area contributed by atoms with E-state index in [4.69, 9.17) is 4.42 Å². The minimum atomic E-state index is 0.703. The predicted molar refractivity (Wildman–Crippen MR) is 86.2 cm³/mol. The molecule has 3 rings (SSSR count). The van der Waals surface area contributed by atoms with Crippen molar-refractivity contribution in [2.45, 2.75) is 25.8 Å². The van der Waals surface area contributed by atoms with Crippen molar-refractivity contribution in [2.24, 2.45) is 0 Å². The van der Waals surface area contributed by atoms with Gasteiger partial charge in [-0.1, -0.05) is 0 Å². The Morgan fingerprint density at radius 3 is 2.40 bits per heavy atom. The van der Waals surface area contributed by atoms with Gasteiger partial charge < -0.3 is 14.6 Å². The molecule has 0 radical (unpaired) electrons. The van der Waals surface area contributed by atoms with Crippen molar-refractivity contribution in [3.63, 3.8) is 0 Å². The number of furan rings is 1. The first-order chi connectivity index (χ1) is 9.81. The molecule has 2 aromatic rings. The fourth-order valence-electron chi connectivity index (χ4n) is 2.58. The van der Waals surface area contributed by atoms with Crippen LogP contribution >= 0.6 is 15.9 Å². The normalized spacial score (nSPS) is 15.3. The summed E-state index contributed by atoms with van der Waals surface area (Å²) in [6.45, 7) is 3.08. The van der Waals surface area contributed by atoms with E-state index in [1.54, 1.807) is 0 Å². The Balaban J connectivity index is 1.58. The highest BCUT2D eigenvalue weighted by molar-refractivity contribution is 9.10. The van der Waals surface area contributed by atoms with Gasteiger partial charge in [0.1, 0.15) is 5.76 Å². The second kappa shape index (κ2) is 6.35. The molecule has 0 aliphatic carbocycles. The molecule has 0 bridgehead atoms. The van der Waals surface area contributed by atoms with E-state index in [0.29, 0.717) is 6.54 Å². The van der Waals surface area contributed by atoms with E-state index in [-0.39, 0.29) is 0 Å². The van der Waals surface area contributed by atoms with E-state index in [9.17, 15) is 0 Å². The zero-order chi connectivity index (χ0) is 13.8. The van der Waals surface area contributed by atoms with Crippen molar-refractivity contribution in [3.8, 4) is 0 Å². The number of hydrogen-bond acceptors (Lipinski definition) is 3. The van der Waals surface area contributed by atoms with E-state index >= 15 is 0 Å². The van der Waals surface area contributed by atoms with Crippen LogP contribution in [0, 0.1) is 0 Å². The minimum absolute atomic E-state index is 0.703. The second-order valence-corrected chi connectivity index (χ2v) is 5.94. The Morgan fingerprint density at radius 2 is 1.75 bits per heavy atom. The van der Waals surface area contributed by atoms with E-state index in [2.05, 4.69) is 50.4 Å². The Hall–Kier alpha value is -1.42. The fourth-order valence-corrected chi connectivity index (χ4v) is 2.92. The lowest BCUT2D eigenvalue weighted by Crippen LogP contribution is -2.29. The van der Waals surface area contributed by atoms with Crippen LogP contribution in [-0.2, 0) is 6.54 Å². The third kappa shape index (κ3) is 3.37. The van der Waals surface area contributed by atoms with Crippen LogP contribution in [0.5, 0.6) is 0 Å². The number of hydrogen-bond donors (Lipinski definition) is 1. The average molecular weight is 335 g/mol. The summed E-state index contributed by atoms with van der Waals surface area (Å²) < 4.78 is 6.24. The quantitative estimate of drug-likeness (QED) is 0.882. The van der Waals surface area contributed by atoms with Gasteiger partial charge in [-0.2, -0.15) is 0 Å². The molecule has 2 heterocycles. The number of nitrogens with zero attached hydrogens (tertiary/aromatic N) is 1. The maximum atomic E-state index is 5.47. The molecular weight excluding hydrogens is 316 g/mol. The van der Waals surface area contributed by atoms with Crippen LogP contribution in [0.2, 0.25) is 0 Å². The standard InChI is InChI=1S/C16H19BrN2O/c17-16-9-8-15(20-16)12-18-13-4-6-14(7-5-13)19-10-2-1-3-11-19/h4-9,18H,1-3,10-12H2. The van der Waals surface area contributed by atoms with Gasteiger partial charge in [-0.15, -0.1) is 0 Å². The number of anilines is 2. The lowest BCUT2D eigenvalue weighted by molar-refractivity contribution is 0.495. The summed E-state index contributed by atoms with van der Waals surface area (Å²) in [5.41, 5.74) is 2.45. The van der Waals surface area contributed by atoms with E-state index < -0.39 is 0 Å². The fraction of sp³-hybridized carbons (Fsp3) is 0.375. The van der Waals surface area contributed by atoms with Gasteiger partial charge in [0.05, 0.1) is 6.54 Å². The zero-order valence-corrected chi connectivity index (χ0v) is 13.0. The third-order valence-corrected chi connectivity index (χ3v) is 4.11. The molecule has 1 N–H and O–H groups in total. The second-order valence-electron chi connectivity index (χ2n) is 5.15. The molecule has 0 saturated carbocycles. The van der Waals surface area contributed by atoms with Crippen LogP contribution in [0.1, 0.15) is 25.0 Å². The molecule has 0 spiro atoms. The number of nitrogens with one attached hydrogen (secondary N) is 1. The van der Waals surface area contributed by atoms with Crippen molar-refractivity contribution in [1.82, 2.24) is 0 Å². The van der Waals surface area contributed by atoms with Crippen LogP contribution in [-0.4, -0.2) is 13.1 Å². The molecule has 1 saturated heterocycles. The minimum Gasteiger partial charge on any atom is -0.452 e. The zero-order valence-electron chi connectivity index (χ0n) is 11.4. The average Bonchev–Trinajstić information content (AvgIpc) is 2.92. The highest BCUT2D eigenvalue weighted by Crippen LogP contribution is 2.22. The topological polar surface area (TPSA) is 28.4 Å². The molecular formula is C16H19BrN2O. The first kappa shape index (κ1) is 13.6. The smallest absolute Gasteiger partial charge is 0.169 e. The van der Waals surface area contributed by atoms with Gasteiger partial charge in [0, 0.05) is 24.5 Å². The molecule has 0 unspecified atom stereocenters. The molecule has 20 heavy (non-hydrogen) atoms. The predicted octanol–water partition coefficient (Wildman–Crippen LogP) is 4.64. The molecule has 0 atom stereocenters. The van der Waals surface area contributed by atoms with Crippen LogP contribution in [0.4, 0.5) is 11.4 Å². The molecule has 1 fully saturated rings. The van der Waals surface area contributed by atoms with Crippen molar-refractivity contribution < 1.29 is 4.42 Å². The maximum absolute atomic E-state index is 5.47. The summed E-state index contributed by atoms with van der Waals surface area (Å²) in [6.07, 6.45) is 4.00. The van der Waals surface area contributed by atoms with Gasteiger partial charge in [-0.3, -0.25) is 0 Å². The summed E-state index contributed by atoms with van der Waals surface area (Å²) >= 11 is 3.31. The third-order valence-electron chi connectivity index (χ3n) is 3.68. The van der Waals surface area contributed by atoms with E-state index in [0.717, 1.165) is 16.1 Å². The number of halogens is 1. The molecule has 1 aliphatic rings. The maximum Gasteiger partial charge on any atom is 0.169 e. The SMILES string of the molecule is Brc1ccc(CNc2ccc(N3CCCCC3)cc2)o1. The van der Waals surface area contributed by atoms with Gasteiger partial charge in [-0.25, -0.2) is 0 Å². The van der Waals surface area contributed by atoms with Gasteiger partial charge in [0.25, 0.3) is 0 Å².